The first kappa shape index (κ1) is 15.8. The van der Waals surface area contributed by atoms with Crippen LogP contribution in [0.2, 0.25) is 0 Å². The Hall–Kier alpha value is -2.61. The van der Waals surface area contributed by atoms with Crippen LogP contribution in [-0.4, -0.2) is 5.71 Å². The van der Waals surface area contributed by atoms with Gasteiger partial charge < -0.3 is 0 Å². The first-order valence-corrected chi connectivity index (χ1v) is 6.62. The second-order valence-electron chi connectivity index (χ2n) is 4.75. The third-order valence-electron chi connectivity index (χ3n) is 3.20. The zero-order valence-electron chi connectivity index (χ0n) is 11.8. The molecule has 0 amide bonds. The average Bonchev–Trinajstić information content (AvgIpc) is 2.52. The van der Waals surface area contributed by atoms with E-state index >= 15 is 0 Å². The number of alkyl halides is 3. The summed E-state index contributed by atoms with van der Waals surface area (Å²) < 4.78 is 37.6. The van der Waals surface area contributed by atoms with E-state index in [9.17, 15) is 18.4 Å². The van der Waals surface area contributed by atoms with Crippen molar-refractivity contribution in [2.45, 2.75) is 19.1 Å². The van der Waals surface area contributed by atoms with Gasteiger partial charge in [-0.05, 0) is 24.6 Å². The van der Waals surface area contributed by atoms with Crippen molar-refractivity contribution < 1.29 is 13.2 Å². The summed E-state index contributed by atoms with van der Waals surface area (Å²) in [5.41, 5.74) is 0.676. The van der Waals surface area contributed by atoms with Crippen LogP contribution in [0.15, 0.2) is 59.6 Å². The SMILES string of the molecule is C[C@@H](/N=C(\C#N)c1ccc(C(F)(F)F)cc1)c1ccccc1. The first-order valence-electron chi connectivity index (χ1n) is 6.62. The van der Waals surface area contributed by atoms with E-state index in [1.165, 1.54) is 12.1 Å². The minimum atomic E-state index is -4.39. The number of rotatable bonds is 3. The predicted molar refractivity (Wildman–Crippen MR) is 78.5 cm³/mol. The van der Waals surface area contributed by atoms with Crippen LogP contribution in [-0.2, 0) is 6.18 Å². The second-order valence-corrected chi connectivity index (χ2v) is 4.75. The summed E-state index contributed by atoms with van der Waals surface area (Å²) in [7, 11) is 0. The maximum Gasteiger partial charge on any atom is 0.416 e. The molecule has 112 valence electrons. The molecule has 0 saturated carbocycles. The molecular formula is C17H13F3N2. The van der Waals surface area contributed by atoms with Crippen molar-refractivity contribution in [2.24, 2.45) is 4.99 Å². The van der Waals surface area contributed by atoms with Gasteiger partial charge in [-0.25, -0.2) is 0 Å². The van der Waals surface area contributed by atoms with E-state index in [4.69, 9.17) is 0 Å². The topological polar surface area (TPSA) is 36.1 Å². The van der Waals surface area contributed by atoms with Crippen molar-refractivity contribution in [1.29, 1.82) is 5.26 Å². The smallest absolute Gasteiger partial charge is 0.266 e. The fraction of sp³-hybridized carbons (Fsp3) is 0.176. The summed E-state index contributed by atoms with van der Waals surface area (Å²) in [6.45, 7) is 1.83. The largest absolute Gasteiger partial charge is 0.416 e. The van der Waals surface area contributed by atoms with E-state index in [0.29, 0.717) is 5.56 Å². The van der Waals surface area contributed by atoms with Crippen LogP contribution in [0.4, 0.5) is 13.2 Å². The van der Waals surface area contributed by atoms with Gasteiger partial charge in [0.15, 0.2) is 0 Å². The molecule has 0 saturated heterocycles. The molecule has 0 bridgehead atoms. The fourth-order valence-corrected chi connectivity index (χ4v) is 1.98. The standard InChI is InChI=1S/C17H13F3N2/c1-12(13-5-3-2-4-6-13)22-16(11-21)14-7-9-15(10-8-14)17(18,19)20/h2-10,12H,1H3/b22-16+/t12-/m1/s1. The van der Waals surface area contributed by atoms with E-state index < -0.39 is 11.7 Å². The molecule has 0 radical (unpaired) electrons. The normalized spacial score (nSPS) is 13.5. The molecule has 5 heteroatoms. The number of nitriles is 1. The molecular weight excluding hydrogens is 289 g/mol. The van der Waals surface area contributed by atoms with E-state index in [0.717, 1.165) is 17.7 Å². The number of aliphatic imine (C=N–C) groups is 1. The molecule has 0 heterocycles. The van der Waals surface area contributed by atoms with E-state index in [2.05, 4.69) is 4.99 Å². The molecule has 2 rings (SSSR count). The van der Waals surface area contributed by atoms with Crippen LogP contribution in [0.5, 0.6) is 0 Å². The molecule has 0 fully saturated rings. The summed E-state index contributed by atoms with van der Waals surface area (Å²) in [5, 5.41) is 9.20. The summed E-state index contributed by atoms with van der Waals surface area (Å²) >= 11 is 0. The Bertz CT molecular complexity index is 695. The predicted octanol–water partition coefficient (Wildman–Crippen LogP) is 4.78. The molecule has 0 N–H and O–H groups in total. The summed E-state index contributed by atoms with van der Waals surface area (Å²) in [5.74, 6) is 0. The van der Waals surface area contributed by atoms with E-state index in [-0.39, 0.29) is 11.8 Å². The van der Waals surface area contributed by atoms with Crippen molar-refractivity contribution in [3.63, 3.8) is 0 Å². The van der Waals surface area contributed by atoms with Gasteiger partial charge in [0, 0.05) is 5.56 Å². The Morgan fingerprint density at radius 2 is 1.64 bits per heavy atom. The summed E-state index contributed by atoms with van der Waals surface area (Å²) in [4.78, 5) is 4.30. The number of benzene rings is 2. The Balaban J connectivity index is 2.29. The number of hydrogen-bond donors (Lipinski definition) is 0. The lowest BCUT2D eigenvalue weighted by Crippen LogP contribution is -2.06. The lowest BCUT2D eigenvalue weighted by molar-refractivity contribution is -0.137. The maximum atomic E-state index is 12.5. The van der Waals surface area contributed by atoms with Crippen LogP contribution >= 0.6 is 0 Å². The number of hydrogen-bond acceptors (Lipinski definition) is 2. The molecule has 0 aliphatic carbocycles. The van der Waals surface area contributed by atoms with Gasteiger partial charge in [-0.2, -0.15) is 18.4 Å². The van der Waals surface area contributed by atoms with Gasteiger partial charge in [-0.3, -0.25) is 4.99 Å². The molecule has 0 aliphatic rings. The number of nitrogens with zero attached hydrogens (tertiary/aromatic N) is 2. The van der Waals surface area contributed by atoms with Crippen molar-refractivity contribution >= 4 is 5.71 Å². The van der Waals surface area contributed by atoms with Crippen LogP contribution < -0.4 is 0 Å². The van der Waals surface area contributed by atoms with Gasteiger partial charge in [0.1, 0.15) is 11.8 Å². The van der Waals surface area contributed by atoms with Gasteiger partial charge >= 0.3 is 6.18 Å². The highest BCUT2D eigenvalue weighted by Crippen LogP contribution is 2.29. The van der Waals surface area contributed by atoms with Gasteiger partial charge in [0.2, 0.25) is 0 Å². The Morgan fingerprint density at radius 3 is 2.14 bits per heavy atom. The van der Waals surface area contributed by atoms with Crippen molar-refractivity contribution in [3.8, 4) is 6.07 Å². The van der Waals surface area contributed by atoms with Crippen molar-refractivity contribution in [3.05, 3.63) is 71.3 Å². The fourth-order valence-electron chi connectivity index (χ4n) is 1.98. The summed E-state index contributed by atoms with van der Waals surface area (Å²) in [6, 6.07) is 15.5. The zero-order chi connectivity index (χ0) is 16.2. The molecule has 0 aliphatic heterocycles. The molecule has 2 nitrogen and oxygen atoms in total. The minimum Gasteiger partial charge on any atom is -0.266 e. The highest BCUT2D eigenvalue weighted by molar-refractivity contribution is 6.11. The highest BCUT2D eigenvalue weighted by Gasteiger charge is 2.30. The Labute approximate surface area is 126 Å². The van der Waals surface area contributed by atoms with Crippen molar-refractivity contribution in [1.82, 2.24) is 0 Å². The molecule has 0 unspecified atom stereocenters. The van der Waals surface area contributed by atoms with Gasteiger partial charge in [-0.1, -0.05) is 42.5 Å². The zero-order valence-corrected chi connectivity index (χ0v) is 11.8. The first-order chi connectivity index (χ1) is 10.4. The Morgan fingerprint density at radius 1 is 1.05 bits per heavy atom. The monoisotopic (exact) mass is 302 g/mol. The van der Waals surface area contributed by atoms with Crippen LogP contribution in [0, 0.1) is 11.3 Å². The molecule has 2 aromatic carbocycles. The lowest BCUT2D eigenvalue weighted by atomic mass is 10.1. The third-order valence-corrected chi connectivity index (χ3v) is 3.20. The minimum absolute atomic E-state index is 0.116. The van der Waals surface area contributed by atoms with Gasteiger partial charge in [0.25, 0.3) is 0 Å². The van der Waals surface area contributed by atoms with Crippen molar-refractivity contribution in [2.75, 3.05) is 0 Å². The van der Waals surface area contributed by atoms with Gasteiger partial charge in [0.05, 0.1) is 11.6 Å². The second kappa shape index (κ2) is 6.44. The van der Waals surface area contributed by atoms with Crippen LogP contribution in [0.3, 0.4) is 0 Å². The third kappa shape index (κ3) is 3.73. The Kier molecular flexibility index (Phi) is 4.62. The number of halogens is 3. The summed E-state index contributed by atoms with van der Waals surface area (Å²) in [6.07, 6.45) is -4.39. The van der Waals surface area contributed by atoms with E-state index in [1.54, 1.807) is 0 Å². The molecule has 2 aromatic rings. The lowest BCUT2D eigenvalue weighted by Gasteiger charge is -2.09. The molecule has 0 aromatic heterocycles. The maximum absolute atomic E-state index is 12.5. The average molecular weight is 302 g/mol. The van der Waals surface area contributed by atoms with E-state index in [1.807, 2.05) is 43.3 Å². The van der Waals surface area contributed by atoms with Crippen LogP contribution in [0.25, 0.3) is 0 Å². The van der Waals surface area contributed by atoms with Gasteiger partial charge in [-0.15, -0.1) is 0 Å². The van der Waals surface area contributed by atoms with Crippen LogP contribution in [0.1, 0.15) is 29.7 Å². The quantitative estimate of drug-likeness (QED) is 0.752. The molecule has 0 spiro atoms. The molecule has 22 heavy (non-hydrogen) atoms. The highest BCUT2D eigenvalue weighted by atomic mass is 19.4. The molecule has 1 atom stereocenters.